The highest BCUT2D eigenvalue weighted by Crippen LogP contribution is 2.32. The smallest absolute Gasteiger partial charge is 0.276 e. The quantitative estimate of drug-likeness (QED) is 0.920. The molecule has 5 nitrogen and oxygen atoms in total. The fraction of sp³-hybridized carbons (Fsp3) is 0.500. The molecule has 1 amide bonds. The summed E-state index contributed by atoms with van der Waals surface area (Å²) in [4.78, 5) is 15.4. The van der Waals surface area contributed by atoms with Crippen LogP contribution in [0.15, 0.2) is 22.7 Å². The molecule has 2 aliphatic heterocycles. The van der Waals surface area contributed by atoms with E-state index in [-0.39, 0.29) is 11.9 Å². The number of rotatable bonds is 3. The molecule has 122 valence electrons. The molecule has 0 aliphatic carbocycles. The van der Waals surface area contributed by atoms with E-state index in [4.69, 9.17) is 16.1 Å². The fourth-order valence-corrected chi connectivity index (χ4v) is 4.62. The van der Waals surface area contributed by atoms with Crippen LogP contribution in [-0.4, -0.2) is 41.1 Å². The molecule has 7 heteroatoms. The van der Waals surface area contributed by atoms with E-state index < -0.39 is 0 Å². The predicted molar refractivity (Wildman–Crippen MR) is 89.9 cm³/mol. The number of halogens is 1. The van der Waals surface area contributed by atoms with E-state index in [1.54, 1.807) is 6.07 Å². The molecule has 2 unspecified atom stereocenters. The minimum Gasteiger partial charge on any atom is -0.355 e. The Bertz CT molecular complexity index is 716. The van der Waals surface area contributed by atoms with Crippen LogP contribution in [0.2, 0.25) is 4.34 Å². The van der Waals surface area contributed by atoms with Crippen LogP contribution in [0.25, 0.3) is 10.6 Å². The lowest BCUT2D eigenvalue weighted by Gasteiger charge is -2.35. The Kier molecular flexibility index (Phi) is 3.91. The van der Waals surface area contributed by atoms with E-state index in [2.05, 4.69) is 10.5 Å². The Morgan fingerprint density at radius 2 is 2.13 bits per heavy atom. The van der Waals surface area contributed by atoms with Gasteiger partial charge in [-0.1, -0.05) is 16.8 Å². The number of fused-ring (bicyclic) bond motifs is 2. The second-order valence-corrected chi connectivity index (χ2v) is 8.07. The van der Waals surface area contributed by atoms with Crippen LogP contribution in [0.1, 0.15) is 36.2 Å². The summed E-state index contributed by atoms with van der Waals surface area (Å²) < 4.78 is 6.01. The van der Waals surface area contributed by atoms with Crippen molar-refractivity contribution in [1.82, 2.24) is 15.4 Å². The number of aromatic nitrogens is 1. The second kappa shape index (κ2) is 5.92. The first-order chi connectivity index (χ1) is 11.1. The molecule has 23 heavy (non-hydrogen) atoms. The van der Waals surface area contributed by atoms with Crippen molar-refractivity contribution in [3.8, 4) is 10.6 Å². The van der Waals surface area contributed by atoms with Crippen molar-refractivity contribution >= 4 is 28.8 Å². The van der Waals surface area contributed by atoms with Crippen LogP contribution < -0.4 is 5.32 Å². The minimum absolute atomic E-state index is 0.0750. The molecule has 2 atom stereocenters. The van der Waals surface area contributed by atoms with Gasteiger partial charge in [0.2, 0.25) is 0 Å². The van der Waals surface area contributed by atoms with Gasteiger partial charge in [0.15, 0.2) is 11.5 Å². The molecule has 2 saturated heterocycles. The molecule has 0 radical (unpaired) electrons. The van der Waals surface area contributed by atoms with Crippen LogP contribution in [0.4, 0.5) is 0 Å². The number of nitrogens with zero attached hydrogens (tertiary/aromatic N) is 2. The highest BCUT2D eigenvalue weighted by atomic mass is 35.5. The lowest BCUT2D eigenvalue weighted by atomic mass is 9.98. The van der Waals surface area contributed by atoms with Crippen LogP contribution in [0.5, 0.6) is 0 Å². The zero-order valence-corrected chi connectivity index (χ0v) is 14.4. The van der Waals surface area contributed by atoms with Gasteiger partial charge < -0.3 is 14.7 Å². The predicted octanol–water partition coefficient (Wildman–Crippen LogP) is 3.41. The Morgan fingerprint density at radius 3 is 2.78 bits per heavy atom. The number of hydrogen-bond acceptors (Lipinski definition) is 5. The van der Waals surface area contributed by atoms with Crippen molar-refractivity contribution in [3.63, 3.8) is 0 Å². The van der Waals surface area contributed by atoms with Crippen molar-refractivity contribution in [1.29, 1.82) is 0 Å². The van der Waals surface area contributed by atoms with Crippen molar-refractivity contribution in [2.45, 2.75) is 43.8 Å². The summed E-state index contributed by atoms with van der Waals surface area (Å²) in [6.07, 6.45) is 4.47. The van der Waals surface area contributed by atoms with Gasteiger partial charge in [-0.15, -0.1) is 11.3 Å². The van der Waals surface area contributed by atoms with E-state index in [0.717, 1.165) is 17.7 Å². The zero-order valence-electron chi connectivity index (χ0n) is 12.8. The van der Waals surface area contributed by atoms with Gasteiger partial charge in [0.05, 0.1) is 9.21 Å². The summed E-state index contributed by atoms with van der Waals surface area (Å²) >= 11 is 7.35. The first-order valence-electron chi connectivity index (χ1n) is 7.86. The third-order valence-electron chi connectivity index (χ3n) is 4.86. The van der Waals surface area contributed by atoms with E-state index in [9.17, 15) is 4.79 Å². The number of piperidine rings is 1. The van der Waals surface area contributed by atoms with Crippen molar-refractivity contribution in [2.24, 2.45) is 0 Å². The lowest BCUT2D eigenvalue weighted by molar-refractivity contribution is 0.0671. The number of hydrogen-bond donors (Lipinski definition) is 1. The van der Waals surface area contributed by atoms with Crippen molar-refractivity contribution < 1.29 is 9.32 Å². The van der Waals surface area contributed by atoms with E-state index >= 15 is 0 Å². The normalized spacial score (nSPS) is 26.4. The van der Waals surface area contributed by atoms with Gasteiger partial charge in [0.1, 0.15) is 0 Å². The standard InChI is InChI=1S/C16H18ClN3O2S/c1-20(11-6-9-2-3-10(7-11)18-9)16(21)12-8-13(22-19-12)14-4-5-15(17)23-14/h4-5,8-11,18H,2-3,6-7H2,1H3. The minimum atomic E-state index is -0.0750. The number of nitrogens with one attached hydrogen (secondary N) is 1. The Labute approximate surface area is 143 Å². The molecule has 2 aromatic rings. The maximum Gasteiger partial charge on any atom is 0.276 e. The van der Waals surface area contributed by atoms with Gasteiger partial charge in [-0.3, -0.25) is 4.79 Å². The number of carbonyl (C=O) groups is 1. The SMILES string of the molecule is CN(C(=O)c1cc(-c2ccc(Cl)s2)on1)C1CC2CCC(C1)N2. The lowest BCUT2D eigenvalue weighted by Crippen LogP contribution is -2.48. The molecule has 2 aromatic heterocycles. The van der Waals surface area contributed by atoms with Gasteiger partial charge in [-0.2, -0.15) is 0 Å². The number of thiophene rings is 1. The summed E-state index contributed by atoms with van der Waals surface area (Å²) in [7, 11) is 1.87. The highest BCUT2D eigenvalue weighted by Gasteiger charge is 2.37. The maximum atomic E-state index is 12.7. The molecule has 4 rings (SSSR count). The fourth-order valence-electron chi connectivity index (χ4n) is 3.63. The van der Waals surface area contributed by atoms with Gasteiger partial charge >= 0.3 is 0 Å². The van der Waals surface area contributed by atoms with E-state index in [1.165, 1.54) is 24.2 Å². The van der Waals surface area contributed by atoms with Crippen LogP contribution in [0, 0.1) is 0 Å². The average Bonchev–Trinajstić information content (AvgIpc) is 3.26. The largest absolute Gasteiger partial charge is 0.355 e. The number of carbonyl (C=O) groups excluding carboxylic acids is 1. The molecular weight excluding hydrogens is 334 g/mol. The van der Waals surface area contributed by atoms with Crippen LogP contribution in [-0.2, 0) is 0 Å². The molecule has 2 bridgehead atoms. The van der Waals surface area contributed by atoms with Crippen molar-refractivity contribution in [3.05, 3.63) is 28.2 Å². The molecule has 4 heterocycles. The summed E-state index contributed by atoms with van der Waals surface area (Å²) in [6, 6.07) is 6.76. The molecule has 2 aliphatic rings. The topological polar surface area (TPSA) is 58.4 Å². The van der Waals surface area contributed by atoms with E-state index in [1.807, 2.05) is 24.1 Å². The van der Waals surface area contributed by atoms with Gasteiger partial charge in [-0.25, -0.2) is 0 Å². The average molecular weight is 352 g/mol. The van der Waals surface area contributed by atoms with Crippen molar-refractivity contribution in [2.75, 3.05) is 7.05 Å². The first-order valence-corrected chi connectivity index (χ1v) is 9.05. The molecule has 2 fully saturated rings. The van der Waals surface area contributed by atoms with Gasteiger partial charge in [0, 0.05) is 31.2 Å². The third-order valence-corrected chi connectivity index (χ3v) is 6.11. The summed E-state index contributed by atoms with van der Waals surface area (Å²) in [5, 5.41) is 7.55. The Hall–Kier alpha value is -1.37. The Morgan fingerprint density at radius 1 is 1.39 bits per heavy atom. The Balaban J connectivity index is 1.49. The summed E-state index contributed by atoms with van der Waals surface area (Å²) in [6.45, 7) is 0. The molecular formula is C16H18ClN3O2S. The second-order valence-electron chi connectivity index (χ2n) is 6.36. The van der Waals surface area contributed by atoms with Crippen LogP contribution in [0.3, 0.4) is 0 Å². The monoisotopic (exact) mass is 351 g/mol. The highest BCUT2D eigenvalue weighted by molar-refractivity contribution is 7.19. The zero-order chi connectivity index (χ0) is 16.0. The summed E-state index contributed by atoms with van der Waals surface area (Å²) in [5.41, 5.74) is 0.359. The van der Waals surface area contributed by atoms with E-state index in [0.29, 0.717) is 27.9 Å². The molecule has 0 saturated carbocycles. The number of amides is 1. The molecule has 1 N–H and O–H groups in total. The first kappa shape index (κ1) is 15.2. The van der Waals surface area contributed by atoms with Crippen LogP contribution >= 0.6 is 22.9 Å². The van der Waals surface area contributed by atoms with Gasteiger partial charge in [-0.05, 0) is 37.8 Å². The maximum absolute atomic E-state index is 12.7. The molecule has 0 aromatic carbocycles. The van der Waals surface area contributed by atoms with Gasteiger partial charge in [0.25, 0.3) is 5.91 Å². The third kappa shape index (κ3) is 2.91. The molecule has 0 spiro atoms. The summed E-state index contributed by atoms with van der Waals surface area (Å²) in [5.74, 6) is 0.512.